The Morgan fingerprint density at radius 2 is 2.24 bits per heavy atom. The molecule has 2 aromatic heterocycles. The Bertz CT molecular complexity index is 1130. The van der Waals surface area contributed by atoms with Gasteiger partial charge in [0.2, 0.25) is 5.78 Å². The summed E-state index contributed by atoms with van der Waals surface area (Å²) in [5, 5.41) is 20.3. The van der Waals surface area contributed by atoms with Crippen molar-refractivity contribution in [2.24, 2.45) is 11.1 Å². The third kappa shape index (κ3) is 6.43. The summed E-state index contributed by atoms with van der Waals surface area (Å²) in [5.74, 6) is -0.202. The Morgan fingerprint density at radius 1 is 1.39 bits per heavy atom. The predicted octanol–water partition coefficient (Wildman–Crippen LogP) is 1.43. The van der Waals surface area contributed by atoms with Crippen LogP contribution in [0.2, 0.25) is 0 Å². The molecule has 1 aliphatic heterocycles. The van der Waals surface area contributed by atoms with E-state index >= 15 is 0 Å². The average Bonchev–Trinajstić information content (AvgIpc) is 3.38. The zero-order chi connectivity index (χ0) is 23.4. The lowest BCUT2D eigenvalue weighted by molar-refractivity contribution is 0.101. The van der Waals surface area contributed by atoms with Gasteiger partial charge in [0.25, 0.3) is 0 Å². The zero-order valence-corrected chi connectivity index (χ0v) is 19.5. The van der Waals surface area contributed by atoms with Crippen LogP contribution < -0.4 is 10.5 Å². The highest BCUT2D eigenvalue weighted by atomic mass is 32.2. The van der Waals surface area contributed by atoms with E-state index in [-0.39, 0.29) is 18.4 Å². The van der Waals surface area contributed by atoms with E-state index < -0.39 is 22.3 Å². The van der Waals surface area contributed by atoms with Crippen molar-refractivity contribution in [3.05, 3.63) is 51.6 Å². The van der Waals surface area contributed by atoms with Crippen molar-refractivity contribution >= 4 is 33.2 Å². The fourth-order valence-corrected chi connectivity index (χ4v) is 5.32. The average molecular weight is 495 g/mol. The molecular formula is C21H26N4O6S2. The maximum Gasteiger partial charge on any atom is 0.333 e. The summed E-state index contributed by atoms with van der Waals surface area (Å²) in [6, 6.07) is 1.69. The standard InChI is InChI=1S/C21H26N4O6S2/c22-33(28,29)31-10-15-7-16(8-18(15)26)25-21-17(9-23-12-24-21)20(27)19-6-14(11-32-19)5-13-1-3-30-4-2-13/h1,6,9,11-12,15-16,18,26H,2-5,7-8,10H2,(H2,22,28,29)(H,23,24,25)/t15-,16-,18+/m1/s1. The molecular weight excluding hydrogens is 468 g/mol. The Hall–Kier alpha value is -2.22. The molecule has 1 saturated carbocycles. The summed E-state index contributed by atoms with van der Waals surface area (Å²) >= 11 is 1.39. The molecule has 0 amide bonds. The Morgan fingerprint density at radius 3 is 3.00 bits per heavy atom. The highest BCUT2D eigenvalue weighted by Gasteiger charge is 2.34. The van der Waals surface area contributed by atoms with Crippen LogP contribution in [0.5, 0.6) is 0 Å². The van der Waals surface area contributed by atoms with Crippen molar-refractivity contribution in [2.75, 3.05) is 25.1 Å². The van der Waals surface area contributed by atoms with Crippen LogP contribution >= 0.6 is 11.3 Å². The number of hydrogen-bond donors (Lipinski definition) is 3. The Kier molecular flexibility index (Phi) is 7.51. The molecule has 1 fully saturated rings. The molecule has 3 atom stereocenters. The Balaban J connectivity index is 1.42. The third-order valence-electron chi connectivity index (χ3n) is 5.77. The van der Waals surface area contributed by atoms with Gasteiger partial charge in [-0.25, -0.2) is 15.1 Å². The van der Waals surface area contributed by atoms with Crippen molar-refractivity contribution in [1.29, 1.82) is 0 Å². The number of aliphatic hydroxyl groups is 1. The first kappa shape index (κ1) is 23.9. The fraction of sp³-hybridized carbons (Fsp3) is 0.476. The van der Waals surface area contributed by atoms with Gasteiger partial charge in [0.15, 0.2) is 0 Å². The zero-order valence-electron chi connectivity index (χ0n) is 17.8. The maximum absolute atomic E-state index is 13.2. The molecule has 4 N–H and O–H groups in total. The first-order chi connectivity index (χ1) is 15.8. The molecule has 1 aliphatic carbocycles. The molecule has 33 heavy (non-hydrogen) atoms. The van der Waals surface area contributed by atoms with Gasteiger partial charge in [-0.05, 0) is 42.7 Å². The summed E-state index contributed by atoms with van der Waals surface area (Å²) in [6.07, 6.45) is 6.65. The molecule has 4 rings (SSSR count). The number of carbonyl (C=O) groups is 1. The third-order valence-corrected chi connectivity index (χ3v) is 7.21. The van der Waals surface area contributed by atoms with E-state index in [2.05, 4.69) is 25.5 Å². The smallest absolute Gasteiger partial charge is 0.333 e. The van der Waals surface area contributed by atoms with Crippen LogP contribution in [0.1, 0.15) is 40.1 Å². The Labute approximate surface area is 196 Å². The van der Waals surface area contributed by atoms with Gasteiger partial charge in [-0.1, -0.05) is 11.6 Å². The summed E-state index contributed by atoms with van der Waals surface area (Å²) in [5.41, 5.74) is 2.73. The second-order valence-corrected chi connectivity index (χ2v) is 10.3. The molecule has 0 bridgehead atoms. The summed E-state index contributed by atoms with van der Waals surface area (Å²) < 4.78 is 32.0. The molecule has 10 nitrogen and oxygen atoms in total. The van der Waals surface area contributed by atoms with Gasteiger partial charge in [0.05, 0.1) is 36.4 Å². The summed E-state index contributed by atoms with van der Waals surface area (Å²) in [4.78, 5) is 22.0. The predicted molar refractivity (Wildman–Crippen MR) is 122 cm³/mol. The van der Waals surface area contributed by atoms with Crippen LogP contribution in [0.4, 0.5) is 5.82 Å². The number of carbonyl (C=O) groups excluding carboxylic acids is 1. The number of aliphatic hydroxyl groups excluding tert-OH is 1. The molecule has 2 aromatic rings. The van der Waals surface area contributed by atoms with Crippen molar-refractivity contribution in [3.8, 4) is 0 Å². The highest BCUT2D eigenvalue weighted by Crippen LogP contribution is 2.30. The minimum Gasteiger partial charge on any atom is -0.393 e. The molecule has 3 heterocycles. The van der Waals surface area contributed by atoms with Crippen LogP contribution in [0.15, 0.2) is 35.6 Å². The van der Waals surface area contributed by atoms with Crippen molar-refractivity contribution in [2.45, 2.75) is 37.8 Å². The normalized spacial score (nSPS) is 23.3. The van der Waals surface area contributed by atoms with Crippen LogP contribution in [-0.4, -0.2) is 61.2 Å². The number of anilines is 1. The fourth-order valence-electron chi connectivity index (χ4n) is 4.09. The highest BCUT2D eigenvalue weighted by molar-refractivity contribution is 7.84. The van der Waals surface area contributed by atoms with Crippen LogP contribution in [0.3, 0.4) is 0 Å². The monoisotopic (exact) mass is 494 g/mol. The number of nitrogens with two attached hydrogens (primary N) is 1. The van der Waals surface area contributed by atoms with Gasteiger partial charge >= 0.3 is 10.3 Å². The van der Waals surface area contributed by atoms with E-state index in [0.717, 1.165) is 25.0 Å². The van der Waals surface area contributed by atoms with Gasteiger partial charge in [0.1, 0.15) is 12.1 Å². The van der Waals surface area contributed by atoms with E-state index in [0.29, 0.717) is 35.7 Å². The van der Waals surface area contributed by atoms with Gasteiger partial charge in [-0.2, -0.15) is 8.42 Å². The molecule has 2 aliphatic rings. The molecule has 0 spiro atoms. The topological polar surface area (TPSA) is 154 Å². The number of nitrogens with zero attached hydrogens (tertiary/aromatic N) is 2. The number of nitrogens with one attached hydrogen (secondary N) is 1. The summed E-state index contributed by atoms with van der Waals surface area (Å²) in [7, 11) is -4.07. The first-order valence-corrected chi connectivity index (χ1v) is 12.9. The number of aromatic nitrogens is 2. The van der Waals surface area contributed by atoms with Crippen LogP contribution in [0, 0.1) is 5.92 Å². The SMILES string of the molecule is NS(=O)(=O)OC[C@H]1C[C@@H](Nc2ncncc2C(=O)c2cc(CC3=CCOCC3)cs2)C[C@@H]1O. The molecule has 12 heteroatoms. The van der Waals surface area contributed by atoms with Gasteiger partial charge < -0.3 is 15.2 Å². The minimum atomic E-state index is -4.07. The lowest BCUT2D eigenvalue weighted by Crippen LogP contribution is -2.24. The lowest BCUT2D eigenvalue weighted by atomic mass is 10.0. The molecule has 0 radical (unpaired) electrons. The largest absolute Gasteiger partial charge is 0.393 e. The van der Waals surface area contributed by atoms with E-state index in [1.807, 2.05) is 11.4 Å². The van der Waals surface area contributed by atoms with Crippen molar-refractivity contribution in [3.63, 3.8) is 0 Å². The van der Waals surface area contributed by atoms with Gasteiger partial charge in [-0.15, -0.1) is 11.3 Å². The quantitative estimate of drug-likeness (QED) is 0.347. The number of ether oxygens (including phenoxy) is 1. The minimum absolute atomic E-state index is 0.178. The lowest BCUT2D eigenvalue weighted by Gasteiger charge is -2.15. The molecule has 0 unspecified atom stereocenters. The molecule has 0 saturated heterocycles. The molecule has 0 aromatic carbocycles. The van der Waals surface area contributed by atoms with Crippen LogP contribution in [-0.2, 0) is 25.6 Å². The van der Waals surface area contributed by atoms with Crippen molar-refractivity contribution < 1.29 is 27.2 Å². The van der Waals surface area contributed by atoms with Gasteiger partial charge in [0, 0.05) is 18.2 Å². The van der Waals surface area contributed by atoms with E-state index in [4.69, 9.17) is 9.88 Å². The number of thiophene rings is 1. The second kappa shape index (κ2) is 10.4. The van der Waals surface area contributed by atoms with Crippen LogP contribution in [0.25, 0.3) is 0 Å². The van der Waals surface area contributed by atoms with Crippen molar-refractivity contribution in [1.82, 2.24) is 9.97 Å². The second-order valence-electron chi connectivity index (χ2n) is 8.21. The summed E-state index contributed by atoms with van der Waals surface area (Å²) in [6.45, 7) is 1.16. The van der Waals surface area contributed by atoms with E-state index in [9.17, 15) is 18.3 Å². The first-order valence-electron chi connectivity index (χ1n) is 10.6. The molecule has 178 valence electrons. The van der Waals surface area contributed by atoms with E-state index in [1.165, 1.54) is 29.4 Å². The number of hydrogen-bond acceptors (Lipinski definition) is 10. The number of ketones is 1. The van der Waals surface area contributed by atoms with Gasteiger partial charge in [-0.3, -0.25) is 8.98 Å². The van der Waals surface area contributed by atoms with E-state index in [1.54, 1.807) is 0 Å². The maximum atomic E-state index is 13.2. The number of rotatable bonds is 9.